The molecule has 29 heavy (non-hydrogen) atoms. The lowest BCUT2D eigenvalue weighted by Crippen LogP contribution is -2.27. The van der Waals surface area contributed by atoms with Crippen LogP contribution in [-0.4, -0.2) is 19.0 Å². The Kier molecular flexibility index (Phi) is 7.51. The zero-order valence-electron chi connectivity index (χ0n) is 17.2. The van der Waals surface area contributed by atoms with Gasteiger partial charge in [0.15, 0.2) is 0 Å². The molecule has 0 aliphatic carbocycles. The van der Waals surface area contributed by atoms with E-state index in [9.17, 15) is 9.59 Å². The Morgan fingerprint density at radius 3 is 2.45 bits per heavy atom. The van der Waals surface area contributed by atoms with Crippen LogP contribution in [0.3, 0.4) is 0 Å². The van der Waals surface area contributed by atoms with E-state index in [1.54, 1.807) is 24.3 Å². The minimum absolute atomic E-state index is 0.0688. The molecule has 0 aliphatic rings. The molecular weight excluding hydrogens is 386 g/mol. The van der Waals surface area contributed by atoms with Gasteiger partial charge < -0.3 is 14.8 Å². The van der Waals surface area contributed by atoms with Crippen molar-refractivity contribution in [3.63, 3.8) is 0 Å². The van der Waals surface area contributed by atoms with E-state index in [4.69, 9.17) is 9.47 Å². The summed E-state index contributed by atoms with van der Waals surface area (Å²) in [6.45, 7) is 9.39. The summed E-state index contributed by atoms with van der Waals surface area (Å²) in [5, 5.41) is 2.91. The molecule has 1 N–H and O–H groups in total. The Morgan fingerprint density at radius 1 is 1.14 bits per heavy atom. The highest BCUT2D eigenvalue weighted by atomic mass is 32.1. The van der Waals surface area contributed by atoms with Gasteiger partial charge in [-0.3, -0.25) is 9.59 Å². The maximum Gasteiger partial charge on any atom is 0.309 e. The summed E-state index contributed by atoms with van der Waals surface area (Å²) in [4.78, 5) is 23.8. The number of amides is 1. The van der Waals surface area contributed by atoms with E-state index in [0.717, 1.165) is 16.7 Å². The van der Waals surface area contributed by atoms with E-state index in [-0.39, 0.29) is 18.3 Å². The quantitative estimate of drug-likeness (QED) is 0.481. The zero-order valence-corrected chi connectivity index (χ0v) is 18.1. The first-order valence-corrected chi connectivity index (χ1v) is 9.86. The number of hydrogen-bond acceptors (Lipinski definition) is 5. The molecule has 0 atom stereocenters. The SMILES string of the molecule is C=Cc1ccc(CC(=O)OC)cc1Oc1ccc(NC(=O)C(C)(C)C)cc1CS. The van der Waals surface area contributed by atoms with Crippen LogP contribution in [0.4, 0.5) is 5.69 Å². The van der Waals surface area contributed by atoms with E-state index >= 15 is 0 Å². The number of carbonyl (C=O) groups is 2. The Bertz CT molecular complexity index is 916. The topological polar surface area (TPSA) is 64.6 Å². The van der Waals surface area contributed by atoms with Crippen molar-refractivity contribution in [1.29, 1.82) is 0 Å². The van der Waals surface area contributed by atoms with Gasteiger partial charge in [0.05, 0.1) is 13.5 Å². The first-order valence-electron chi connectivity index (χ1n) is 9.23. The molecule has 0 heterocycles. The minimum atomic E-state index is -0.491. The van der Waals surface area contributed by atoms with Crippen LogP contribution in [0.15, 0.2) is 43.0 Å². The third-order valence-electron chi connectivity index (χ3n) is 4.26. The van der Waals surface area contributed by atoms with Crippen molar-refractivity contribution in [1.82, 2.24) is 0 Å². The number of benzene rings is 2. The summed E-state index contributed by atoms with van der Waals surface area (Å²) in [6, 6.07) is 10.9. The number of rotatable bonds is 7. The molecule has 2 aromatic carbocycles. The molecule has 0 fully saturated rings. The number of hydrogen-bond donors (Lipinski definition) is 2. The molecule has 0 aliphatic heterocycles. The molecule has 0 bridgehead atoms. The Morgan fingerprint density at radius 2 is 1.86 bits per heavy atom. The van der Waals surface area contributed by atoms with Gasteiger partial charge >= 0.3 is 5.97 Å². The largest absolute Gasteiger partial charge is 0.469 e. The molecule has 0 spiro atoms. The summed E-state index contributed by atoms with van der Waals surface area (Å²) >= 11 is 4.39. The van der Waals surface area contributed by atoms with Gasteiger partial charge in [0.25, 0.3) is 0 Å². The fourth-order valence-electron chi connectivity index (χ4n) is 2.50. The highest BCUT2D eigenvalue weighted by Crippen LogP contribution is 2.33. The van der Waals surface area contributed by atoms with Crippen molar-refractivity contribution >= 4 is 36.3 Å². The van der Waals surface area contributed by atoms with E-state index in [0.29, 0.717) is 22.9 Å². The molecule has 0 unspecified atom stereocenters. The lowest BCUT2D eigenvalue weighted by atomic mass is 9.95. The van der Waals surface area contributed by atoms with Gasteiger partial charge in [0.2, 0.25) is 5.91 Å². The summed E-state index contributed by atoms with van der Waals surface area (Å²) in [5.41, 5.74) is 2.60. The van der Waals surface area contributed by atoms with E-state index in [2.05, 4.69) is 24.5 Å². The van der Waals surface area contributed by atoms with Crippen molar-refractivity contribution < 1.29 is 19.1 Å². The molecule has 6 heteroatoms. The third-order valence-corrected chi connectivity index (χ3v) is 4.60. The molecule has 0 radical (unpaired) electrons. The molecule has 0 saturated carbocycles. The molecule has 2 rings (SSSR count). The van der Waals surface area contributed by atoms with E-state index in [1.165, 1.54) is 7.11 Å². The average Bonchev–Trinajstić information content (AvgIpc) is 2.68. The predicted molar refractivity (Wildman–Crippen MR) is 120 cm³/mol. The first-order chi connectivity index (χ1) is 13.7. The summed E-state index contributed by atoms with van der Waals surface area (Å²) < 4.78 is 10.9. The molecule has 0 saturated heterocycles. The highest BCUT2D eigenvalue weighted by molar-refractivity contribution is 7.79. The number of esters is 1. The van der Waals surface area contributed by atoms with Gasteiger partial charge in [0.1, 0.15) is 11.5 Å². The van der Waals surface area contributed by atoms with Gasteiger partial charge in [-0.25, -0.2) is 0 Å². The van der Waals surface area contributed by atoms with Crippen LogP contribution in [-0.2, 0) is 26.5 Å². The molecule has 0 aromatic heterocycles. The highest BCUT2D eigenvalue weighted by Gasteiger charge is 2.21. The average molecular weight is 414 g/mol. The standard InChI is InChI=1S/C23H27NO4S/c1-6-16-8-7-15(12-21(25)27-5)11-20(16)28-19-10-9-18(13-17(19)14-29)24-22(26)23(2,3)4/h6-11,13,29H,1,12,14H2,2-5H3,(H,24,26). The second kappa shape index (κ2) is 9.65. The smallest absolute Gasteiger partial charge is 0.309 e. The molecule has 5 nitrogen and oxygen atoms in total. The monoisotopic (exact) mass is 413 g/mol. The van der Waals surface area contributed by atoms with Crippen LogP contribution in [0.25, 0.3) is 6.08 Å². The lowest BCUT2D eigenvalue weighted by molar-refractivity contribution is -0.139. The molecule has 1 amide bonds. The van der Waals surface area contributed by atoms with Crippen LogP contribution < -0.4 is 10.1 Å². The Balaban J connectivity index is 2.31. The number of methoxy groups -OCH3 is 1. The van der Waals surface area contributed by atoms with Crippen LogP contribution >= 0.6 is 12.6 Å². The van der Waals surface area contributed by atoms with Crippen LogP contribution in [0.1, 0.15) is 37.5 Å². The summed E-state index contributed by atoms with van der Waals surface area (Å²) in [6.07, 6.45) is 1.84. The predicted octanol–water partition coefficient (Wildman–Crippen LogP) is 5.25. The maximum atomic E-state index is 12.2. The van der Waals surface area contributed by atoms with Crippen LogP contribution in [0.2, 0.25) is 0 Å². The van der Waals surface area contributed by atoms with Gasteiger partial charge in [-0.15, -0.1) is 0 Å². The maximum absolute atomic E-state index is 12.2. The van der Waals surface area contributed by atoms with Crippen molar-refractivity contribution in [3.8, 4) is 11.5 Å². The number of nitrogens with one attached hydrogen (secondary N) is 1. The number of thiol groups is 1. The normalized spacial score (nSPS) is 10.9. The van der Waals surface area contributed by atoms with Crippen molar-refractivity contribution in [2.24, 2.45) is 5.41 Å². The third kappa shape index (κ3) is 6.12. The minimum Gasteiger partial charge on any atom is -0.469 e. The first kappa shape index (κ1) is 22.6. The summed E-state index contributed by atoms with van der Waals surface area (Å²) in [5.74, 6) is 1.24. The zero-order chi connectivity index (χ0) is 21.6. The van der Waals surface area contributed by atoms with Crippen molar-refractivity contribution in [2.45, 2.75) is 32.9 Å². The van der Waals surface area contributed by atoms with Gasteiger partial charge in [-0.1, -0.05) is 45.6 Å². The van der Waals surface area contributed by atoms with E-state index in [1.807, 2.05) is 39.0 Å². The van der Waals surface area contributed by atoms with Crippen molar-refractivity contribution in [3.05, 3.63) is 59.7 Å². The van der Waals surface area contributed by atoms with Gasteiger partial charge in [0, 0.05) is 28.0 Å². The second-order valence-corrected chi connectivity index (χ2v) is 7.93. The van der Waals surface area contributed by atoms with Crippen molar-refractivity contribution in [2.75, 3.05) is 12.4 Å². The molecular formula is C23H27NO4S. The van der Waals surface area contributed by atoms with E-state index < -0.39 is 5.41 Å². The lowest BCUT2D eigenvalue weighted by Gasteiger charge is -2.19. The summed E-state index contributed by atoms with van der Waals surface area (Å²) in [7, 11) is 1.36. The van der Waals surface area contributed by atoms with Gasteiger partial charge in [-0.2, -0.15) is 12.6 Å². The fourth-order valence-corrected chi connectivity index (χ4v) is 2.75. The number of ether oxygens (including phenoxy) is 2. The second-order valence-electron chi connectivity index (χ2n) is 7.62. The fraction of sp³-hybridized carbons (Fsp3) is 0.304. The Labute approximate surface area is 177 Å². The number of carbonyl (C=O) groups excluding carboxylic acids is 2. The molecule has 154 valence electrons. The molecule has 2 aromatic rings. The van der Waals surface area contributed by atoms with Gasteiger partial charge in [-0.05, 0) is 29.8 Å². The number of anilines is 1. The Hall–Kier alpha value is -2.73. The van der Waals surface area contributed by atoms with Crippen LogP contribution in [0, 0.1) is 5.41 Å². The van der Waals surface area contributed by atoms with Crippen LogP contribution in [0.5, 0.6) is 11.5 Å².